The Kier molecular flexibility index (Phi) is 7.30. The van der Waals surface area contributed by atoms with Crippen molar-refractivity contribution in [3.05, 3.63) is 29.8 Å². The van der Waals surface area contributed by atoms with Crippen molar-refractivity contribution in [1.29, 1.82) is 0 Å². The fourth-order valence-electron chi connectivity index (χ4n) is 1.80. The first-order valence-corrected chi connectivity index (χ1v) is 8.59. The summed E-state index contributed by atoms with van der Waals surface area (Å²) in [6, 6.07) is 6.74. The summed E-state index contributed by atoms with van der Waals surface area (Å²) < 4.78 is 34.4. The second kappa shape index (κ2) is 8.72. The Balaban J connectivity index is 2.55. The Morgan fingerprint density at radius 2 is 2.00 bits per heavy atom. The van der Waals surface area contributed by atoms with E-state index in [1.54, 1.807) is 24.3 Å². The molecule has 1 aromatic rings. The lowest BCUT2D eigenvalue weighted by molar-refractivity contribution is 0.0950. The molecule has 0 spiro atoms. The number of sulfonamides is 1. The van der Waals surface area contributed by atoms with E-state index >= 15 is 0 Å². The number of ether oxygens (including phenoxy) is 2. The van der Waals surface area contributed by atoms with Gasteiger partial charge in [0.15, 0.2) is 0 Å². The van der Waals surface area contributed by atoms with Crippen molar-refractivity contribution in [3.63, 3.8) is 0 Å². The zero-order valence-electron chi connectivity index (χ0n) is 13.0. The fourth-order valence-corrected chi connectivity index (χ4v) is 2.63. The Bertz CT molecular complexity index is 589. The molecule has 0 aliphatic carbocycles. The van der Waals surface area contributed by atoms with Gasteiger partial charge in [-0.3, -0.25) is 4.79 Å². The van der Waals surface area contributed by atoms with Gasteiger partial charge in [-0.2, -0.15) is 4.31 Å². The van der Waals surface area contributed by atoms with E-state index in [9.17, 15) is 13.2 Å². The predicted molar refractivity (Wildman–Crippen MR) is 83.6 cm³/mol. The number of nitrogens with one attached hydrogen (secondary N) is 1. The van der Waals surface area contributed by atoms with Crippen molar-refractivity contribution >= 4 is 15.9 Å². The van der Waals surface area contributed by atoms with Gasteiger partial charge in [0.05, 0.1) is 20.0 Å². The van der Waals surface area contributed by atoms with Gasteiger partial charge in [0.25, 0.3) is 5.91 Å². The lowest BCUT2D eigenvalue weighted by Crippen LogP contribution is -2.39. The van der Waals surface area contributed by atoms with E-state index in [1.165, 1.54) is 18.5 Å². The van der Waals surface area contributed by atoms with Crippen LogP contribution in [0.1, 0.15) is 10.4 Å². The Morgan fingerprint density at radius 3 is 2.59 bits per heavy atom. The minimum Gasteiger partial charge on any atom is -0.497 e. The van der Waals surface area contributed by atoms with Gasteiger partial charge in [0.1, 0.15) is 5.75 Å². The zero-order valence-corrected chi connectivity index (χ0v) is 13.9. The fraction of sp³-hybridized carbons (Fsp3) is 0.500. The number of hydrogen-bond acceptors (Lipinski definition) is 5. The minimum atomic E-state index is -3.33. The van der Waals surface area contributed by atoms with Crippen LogP contribution < -0.4 is 10.1 Å². The summed E-state index contributed by atoms with van der Waals surface area (Å²) in [4.78, 5) is 12.0. The van der Waals surface area contributed by atoms with Crippen LogP contribution in [0.4, 0.5) is 0 Å². The van der Waals surface area contributed by atoms with E-state index in [0.717, 1.165) is 6.26 Å². The third-order valence-corrected chi connectivity index (χ3v) is 4.30. The van der Waals surface area contributed by atoms with Gasteiger partial charge >= 0.3 is 0 Å². The SMILES string of the molecule is COCCN(CCNC(=O)c1cccc(OC)c1)S(C)(=O)=O. The number of nitrogens with zero attached hydrogens (tertiary/aromatic N) is 1. The van der Waals surface area contributed by atoms with Crippen LogP contribution in [0, 0.1) is 0 Å². The van der Waals surface area contributed by atoms with E-state index in [-0.39, 0.29) is 25.5 Å². The molecule has 1 N–H and O–H groups in total. The van der Waals surface area contributed by atoms with Crippen molar-refractivity contribution in [2.24, 2.45) is 0 Å². The van der Waals surface area contributed by atoms with Gasteiger partial charge in [-0.25, -0.2) is 8.42 Å². The predicted octanol–water partition coefficient (Wildman–Crippen LogP) is 0.333. The molecule has 1 aromatic carbocycles. The van der Waals surface area contributed by atoms with Crippen LogP contribution >= 0.6 is 0 Å². The highest BCUT2D eigenvalue weighted by atomic mass is 32.2. The minimum absolute atomic E-state index is 0.192. The number of benzene rings is 1. The third kappa shape index (κ3) is 6.00. The summed E-state index contributed by atoms with van der Waals surface area (Å²) in [6.45, 7) is 0.964. The molecule has 0 fully saturated rings. The summed E-state index contributed by atoms with van der Waals surface area (Å²) in [5.74, 6) is 0.310. The highest BCUT2D eigenvalue weighted by Gasteiger charge is 2.16. The Labute approximate surface area is 131 Å². The lowest BCUT2D eigenvalue weighted by atomic mass is 10.2. The summed E-state index contributed by atoms with van der Waals surface area (Å²) >= 11 is 0. The molecule has 0 saturated heterocycles. The number of carbonyl (C=O) groups excluding carboxylic acids is 1. The first-order valence-electron chi connectivity index (χ1n) is 6.74. The molecule has 8 heteroatoms. The maximum absolute atomic E-state index is 12.0. The molecule has 0 radical (unpaired) electrons. The van der Waals surface area contributed by atoms with Crippen molar-refractivity contribution in [1.82, 2.24) is 9.62 Å². The Hall–Kier alpha value is -1.64. The van der Waals surface area contributed by atoms with E-state index in [0.29, 0.717) is 17.9 Å². The first-order chi connectivity index (χ1) is 10.4. The van der Waals surface area contributed by atoms with E-state index in [1.807, 2.05) is 0 Å². The number of amides is 1. The van der Waals surface area contributed by atoms with Crippen molar-refractivity contribution < 1.29 is 22.7 Å². The average molecular weight is 330 g/mol. The molecular formula is C14H22N2O5S. The molecule has 0 unspecified atom stereocenters. The van der Waals surface area contributed by atoms with E-state index < -0.39 is 10.0 Å². The van der Waals surface area contributed by atoms with Gasteiger partial charge < -0.3 is 14.8 Å². The maximum atomic E-state index is 12.0. The van der Waals surface area contributed by atoms with Gasteiger partial charge in [-0.05, 0) is 18.2 Å². The highest BCUT2D eigenvalue weighted by molar-refractivity contribution is 7.88. The molecule has 124 valence electrons. The van der Waals surface area contributed by atoms with Gasteiger partial charge in [0.2, 0.25) is 10.0 Å². The number of methoxy groups -OCH3 is 2. The van der Waals surface area contributed by atoms with Gasteiger partial charge in [-0.1, -0.05) is 6.07 Å². The van der Waals surface area contributed by atoms with Crippen LogP contribution in [0.3, 0.4) is 0 Å². The largest absolute Gasteiger partial charge is 0.497 e. The third-order valence-electron chi connectivity index (χ3n) is 2.99. The van der Waals surface area contributed by atoms with Crippen LogP contribution in [-0.4, -0.2) is 65.3 Å². The van der Waals surface area contributed by atoms with Crippen LogP contribution in [0.25, 0.3) is 0 Å². The molecule has 0 atom stereocenters. The first kappa shape index (κ1) is 18.4. The molecule has 0 aliphatic heterocycles. The Morgan fingerprint density at radius 1 is 1.27 bits per heavy atom. The summed E-state index contributed by atoms with van der Waals surface area (Å²) in [5.41, 5.74) is 0.460. The quantitative estimate of drug-likeness (QED) is 0.705. The van der Waals surface area contributed by atoms with Crippen molar-refractivity contribution in [3.8, 4) is 5.75 Å². The van der Waals surface area contributed by atoms with Gasteiger partial charge in [-0.15, -0.1) is 0 Å². The maximum Gasteiger partial charge on any atom is 0.251 e. The molecule has 0 saturated carbocycles. The lowest BCUT2D eigenvalue weighted by Gasteiger charge is -2.19. The normalized spacial score (nSPS) is 11.5. The molecular weight excluding hydrogens is 308 g/mol. The molecule has 0 heterocycles. The van der Waals surface area contributed by atoms with Crippen LogP contribution in [0.5, 0.6) is 5.75 Å². The molecule has 0 aliphatic rings. The summed E-state index contributed by atoms with van der Waals surface area (Å²) in [5, 5.41) is 2.69. The topological polar surface area (TPSA) is 84.9 Å². The second-order valence-electron chi connectivity index (χ2n) is 4.64. The molecule has 1 rings (SSSR count). The molecule has 22 heavy (non-hydrogen) atoms. The second-order valence-corrected chi connectivity index (χ2v) is 6.63. The van der Waals surface area contributed by atoms with E-state index in [4.69, 9.17) is 9.47 Å². The van der Waals surface area contributed by atoms with Crippen molar-refractivity contribution in [2.45, 2.75) is 0 Å². The average Bonchev–Trinajstić information content (AvgIpc) is 2.49. The molecule has 1 amide bonds. The molecule has 0 bridgehead atoms. The molecule has 7 nitrogen and oxygen atoms in total. The smallest absolute Gasteiger partial charge is 0.251 e. The standard InChI is InChI=1S/C14H22N2O5S/c1-20-10-9-16(22(3,18)19)8-7-15-14(17)12-5-4-6-13(11-12)21-2/h4-6,11H,7-10H2,1-3H3,(H,15,17). The van der Waals surface area contributed by atoms with Crippen LogP contribution in [0.2, 0.25) is 0 Å². The van der Waals surface area contributed by atoms with Crippen molar-refractivity contribution in [2.75, 3.05) is 46.7 Å². The number of hydrogen-bond donors (Lipinski definition) is 1. The number of carbonyl (C=O) groups is 1. The summed E-state index contributed by atoms with van der Waals surface area (Å²) in [7, 11) is -0.299. The number of rotatable bonds is 9. The monoisotopic (exact) mass is 330 g/mol. The molecule has 0 aromatic heterocycles. The highest BCUT2D eigenvalue weighted by Crippen LogP contribution is 2.12. The summed E-state index contributed by atoms with van der Waals surface area (Å²) in [6.07, 6.45) is 1.13. The van der Waals surface area contributed by atoms with Crippen LogP contribution in [-0.2, 0) is 14.8 Å². The van der Waals surface area contributed by atoms with Crippen LogP contribution in [0.15, 0.2) is 24.3 Å². The zero-order chi connectivity index (χ0) is 16.6. The van der Waals surface area contributed by atoms with Gasteiger partial charge in [0, 0.05) is 32.3 Å². The van der Waals surface area contributed by atoms with E-state index in [2.05, 4.69) is 5.32 Å².